The zero-order valence-corrected chi connectivity index (χ0v) is 16.5. The molecule has 3 rings (SSSR count). The third kappa shape index (κ3) is 4.47. The predicted molar refractivity (Wildman–Crippen MR) is 94.9 cm³/mol. The summed E-state index contributed by atoms with van der Waals surface area (Å²) in [4.78, 5) is 14.1. The summed E-state index contributed by atoms with van der Waals surface area (Å²) in [6, 6.07) is 0.868. The van der Waals surface area contributed by atoms with Gasteiger partial charge in [-0.25, -0.2) is 9.18 Å². The lowest BCUT2D eigenvalue weighted by atomic mass is 10.00. The molecule has 2 aliphatic heterocycles. The standard InChI is InChI=1S/C19H22ClF4NO3/c1-18(2,3)28-17(26)25-11-4-5-12(25)9-13(8-11)27-15-7-10(19(22,23)24)6-14(20)16(15)21/h6-7,11-13H,4-5,8-9H2,1-3H3/t11-,12?,13+/m1/s1. The van der Waals surface area contributed by atoms with Crippen LogP contribution in [0.5, 0.6) is 5.75 Å². The molecule has 1 aromatic rings. The van der Waals surface area contributed by atoms with Crippen molar-refractivity contribution in [3.63, 3.8) is 0 Å². The molecule has 0 N–H and O–H groups in total. The molecule has 1 amide bonds. The monoisotopic (exact) mass is 423 g/mol. The highest BCUT2D eigenvalue weighted by Crippen LogP contribution is 2.41. The summed E-state index contributed by atoms with van der Waals surface area (Å²) in [5.41, 5.74) is -1.69. The zero-order chi connectivity index (χ0) is 20.9. The van der Waals surface area contributed by atoms with Crippen molar-refractivity contribution in [3.8, 4) is 5.75 Å². The SMILES string of the molecule is CC(C)(C)OC(=O)N1C2CC[C@@H]1C[C@H](Oc1cc(C(F)(F)F)cc(Cl)c1F)C2. The van der Waals surface area contributed by atoms with E-state index in [-0.39, 0.29) is 12.1 Å². The van der Waals surface area contributed by atoms with Crippen LogP contribution in [0, 0.1) is 5.82 Å². The van der Waals surface area contributed by atoms with Crippen LogP contribution in [0.1, 0.15) is 52.0 Å². The summed E-state index contributed by atoms with van der Waals surface area (Å²) in [7, 11) is 0. The summed E-state index contributed by atoms with van der Waals surface area (Å²) < 4.78 is 64.2. The molecule has 4 nitrogen and oxygen atoms in total. The minimum Gasteiger partial charge on any atom is -0.487 e. The van der Waals surface area contributed by atoms with Crippen molar-refractivity contribution in [1.82, 2.24) is 4.90 Å². The Labute approximate surface area is 165 Å². The van der Waals surface area contributed by atoms with Gasteiger partial charge in [-0.15, -0.1) is 0 Å². The first-order chi connectivity index (χ1) is 12.8. The number of ether oxygens (including phenoxy) is 2. The van der Waals surface area contributed by atoms with Gasteiger partial charge in [-0.2, -0.15) is 13.2 Å². The summed E-state index contributed by atoms with van der Waals surface area (Å²) >= 11 is 5.61. The van der Waals surface area contributed by atoms with Gasteiger partial charge in [0.2, 0.25) is 0 Å². The lowest BCUT2D eigenvalue weighted by Gasteiger charge is -2.39. The smallest absolute Gasteiger partial charge is 0.416 e. The van der Waals surface area contributed by atoms with Crippen LogP contribution in [0.25, 0.3) is 0 Å². The summed E-state index contributed by atoms with van der Waals surface area (Å²) in [5.74, 6) is -1.54. The molecule has 156 valence electrons. The van der Waals surface area contributed by atoms with Crippen molar-refractivity contribution < 1.29 is 31.8 Å². The number of carbonyl (C=O) groups is 1. The fourth-order valence-electron chi connectivity index (χ4n) is 3.83. The number of piperidine rings is 1. The van der Waals surface area contributed by atoms with Gasteiger partial charge in [0.1, 0.15) is 11.7 Å². The first kappa shape index (κ1) is 21.0. The first-order valence-electron chi connectivity index (χ1n) is 9.09. The van der Waals surface area contributed by atoms with E-state index < -0.39 is 46.1 Å². The van der Waals surface area contributed by atoms with Crippen LogP contribution in [0.3, 0.4) is 0 Å². The Kier molecular flexibility index (Phi) is 5.47. The van der Waals surface area contributed by atoms with Gasteiger partial charge in [0.05, 0.1) is 10.6 Å². The van der Waals surface area contributed by atoms with Gasteiger partial charge >= 0.3 is 12.3 Å². The Balaban J connectivity index is 1.74. The minimum absolute atomic E-state index is 0.150. The van der Waals surface area contributed by atoms with Crippen molar-refractivity contribution >= 4 is 17.7 Å². The number of halogens is 5. The highest BCUT2D eigenvalue weighted by Gasteiger charge is 2.46. The summed E-state index contributed by atoms with van der Waals surface area (Å²) in [6.07, 6.45) is -3.30. The average Bonchev–Trinajstić information content (AvgIpc) is 2.80. The second kappa shape index (κ2) is 7.28. The van der Waals surface area contributed by atoms with E-state index in [2.05, 4.69) is 0 Å². The number of carbonyl (C=O) groups excluding carboxylic acids is 1. The topological polar surface area (TPSA) is 38.8 Å². The van der Waals surface area contributed by atoms with Gasteiger partial charge in [-0.3, -0.25) is 0 Å². The van der Waals surface area contributed by atoms with Gasteiger partial charge in [0, 0.05) is 24.9 Å². The second-order valence-corrected chi connectivity index (χ2v) is 8.66. The predicted octanol–water partition coefficient (Wildman–Crippen LogP) is 5.81. The molecule has 2 bridgehead atoms. The molecule has 1 unspecified atom stereocenters. The van der Waals surface area contributed by atoms with E-state index in [1.165, 1.54) is 0 Å². The molecule has 0 saturated carbocycles. The minimum atomic E-state index is -4.66. The van der Waals surface area contributed by atoms with Crippen LogP contribution >= 0.6 is 11.6 Å². The quantitative estimate of drug-likeness (QED) is 0.564. The van der Waals surface area contributed by atoms with E-state index in [4.69, 9.17) is 21.1 Å². The zero-order valence-electron chi connectivity index (χ0n) is 15.8. The number of benzene rings is 1. The molecule has 1 aromatic carbocycles. The van der Waals surface area contributed by atoms with Gasteiger partial charge < -0.3 is 14.4 Å². The lowest BCUT2D eigenvalue weighted by Crippen LogP contribution is -2.50. The van der Waals surface area contributed by atoms with Crippen molar-refractivity contribution in [2.75, 3.05) is 0 Å². The number of hydrogen-bond acceptors (Lipinski definition) is 3. The molecular weight excluding hydrogens is 402 g/mol. The largest absolute Gasteiger partial charge is 0.487 e. The van der Waals surface area contributed by atoms with Gasteiger partial charge in [0.15, 0.2) is 11.6 Å². The second-order valence-electron chi connectivity index (χ2n) is 8.25. The van der Waals surface area contributed by atoms with Gasteiger partial charge in [-0.1, -0.05) is 11.6 Å². The molecule has 0 aromatic heterocycles. The van der Waals surface area contributed by atoms with Gasteiger partial charge in [-0.05, 0) is 45.7 Å². The fraction of sp³-hybridized carbons (Fsp3) is 0.632. The first-order valence-corrected chi connectivity index (χ1v) is 9.47. The number of nitrogens with zero attached hydrogens (tertiary/aromatic N) is 1. The number of fused-ring (bicyclic) bond motifs is 2. The molecule has 2 heterocycles. The van der Waals surface area contributed by atoms with E-state index in [1.807, 2.05) is 0 Å². The molecule has 0 spiro atoms. The van der Waals surface area contributed by atoms with Crippen LogP contribution in [0.15, 0.2) is 12.1 Å². The normalized spacial score (nSPS) is 25.0. The van der Waals surface area contributed by atoms with Crippen LogP contribution in [-0.4, -0.2) is 34.8 Å². The van der Waals surface area contributed by atoms with Crippen LogP contribution in [0.4, 0.5) is 22.4 Å². The Hall–Kier alpha value is -1.70. The van der Waals surface area contributed by atoms with E-state index in [9.17, 15) is 22.4 Å². The Bertz CT molecular complexity index is 749. The third-order valence-electron chi connectivity index (χ3n) is 4.91. The molecule has 2 aliphatic rings. The maximum Gasteiger partial charge on any atom is 0.416 e. The molecule has 0 aliphatic carbocycles. The third-order valence-corrected chi connectivity index (χ3v) is 5.18. The van der Waals surface area contributed by atoms with Crippen LogP contribution in [-0.2, 0) is 10.9 Å². The van der Waals surface area contributed by atoms with Crippen molar-refractivity contribution in [2.45, 2.75) is 76.4 Å². The van der Waals surface area contributed by atoms with E-state index >= 15 is 0 Å². The molecular formula is C19H22ClF4NO3. The van der Waals surface area contributed by atoms with Crippen LogP contribution in [0.2, 0.25) is 5.02 Å². The Morgan fingerprint density at radius 1 is 1.14 bits per heavy atom. The highest BCUT2D eigenvalue weighted by atomic mass is 35.5. The summed E-state index contributed by atoms with van der Waals surface area (Å²) in [5, 5.41) is -0.640. The van der Waals surface area contributed by atoms with E-state index in [0.717, 1.165) is 12.8 Å². The number of hydrogen-bond donors (Lipinski definition) is 0. The maximum absolute atomic E-state index is 14.2. The number of rotatable bonds is 2. The Morgan fingerprint density at radius 2 is 1.71 bits per heavy atom. The maximum atomic E-state index is 14.2. The number of alkyl halides is 3. The fourth-order valence-corrected chi connectivity index (χ4v) is 4.04. The molecule has 3 atom stereocenters. The van der Waals surface area contributed by atoms with E-state index in [1.54, 1.807) is 25.7 Å². The van der Waals surface area contributed by atoms with Crippen LogP contribution < -0.4 is 4.74 Å². The lowest BCUT2D eigenvalue weighted by molar-refractivity contribution is -0.137. The Morgan fingerprint density at radius 3 is 2.21 bits per heavy atom. The molecule has 2 saturated heterocycles. The molecule has 2 fully saturated rings. The van der Waals surface area contributed by atoms with Crippen molar-refractivity contribution in [3.05, 3.63) is 28.5 Å². The number of amides is 1. The van der Waals surface area contributed by atoms with Crippen molar-refractivity contribution in [1.29, 1.82) is 0 Å². The highest BCUT2D eigenvalue weighted by molar-refractivity contribution is 6.31. The molecule has 9 heteroatoms. The van der Waals surface area contributed by atoms with Gasteiger partial charge in [0.25, 0.3) is 0 Å². The molecule has 0 radical (unpaired) electrons. The van der Waals surface area contributed by atoms with E-state index in [0.29, 0.717) is 25.0 Å². The van der Waals surface area contributed by atoms with Crippen molar-refractivity contribution in [2.24, 2.45) is 0 Å². The average molecular weight is 424 g/mol. The summed E-state index contributed by atoms with van der Waals surface area (Å²) in [6.45, 7) is 5.34. The molecule has 28 heavy (non-hydrogen) atoms.